The molecule has 2 amide bonds. The topological polar surface area (TPSA) is 23.6 Å². The predicted molar refractivity (Wildman–Crippen MR) is 48.8 cm³/mol. The predicted octanol–water partition coefficient (Wildman–Crippen LogP) is 1.67. The molecular formula is C9H16N2O. The molecule has 0 N–H and O–H groups in total. The molecule has 0 unspecified atom stereocenters. The quantitative estimate of drug-likeness (QED) is 0.615. The van der Waals surface area contributed by atoms with Crippen molar-refractivity contribution in [1.29, 1.82) is 0 Å². The van der Waals surface area contributed by atoms with Crippen molar-refractivity contribution in [2.45, 2.75) is 20.8 Å². The van der Waals surface area contributed by atoms with Crippen LogP contribution in [0.25, 0.3) is 0 Å². The van der Waals surface area contributed by atoms with Crippen LogP contribution in [0.1, 0.15) is 20.8 Å². The monoisotopic (exact) mass is 168 g/mol. The summed E-state index contributed by atoms with van der Waals surface area (Å²) in [4.78, 5) is 15.1. The average Bonchev–Trinajstić information content (AvgIpc) is 2.08. The van der Waals surface area contributed by atoms with E-state index in [-0.39, 0.29) is 6.03 Å². The number of urea groups is 1. The lowest BCUT2D eigenvalue weighted by molar-refractivity contribution is 0.170. The second kappa shape index (κ2) is 3.61. The Bertz CT molecular complexity index is 211. The van der Waals surface area contributed by atoms with Crippen LogP contribution in [0.15, 0.2) is 11.8 Å². The van der Waals surface area contributed by atoms with E-state index in [2.05, 4.69) is 6.92 Å². The number of hydrogen-bond donors (Lipinski definition) is 0. The van der Waals surface area contributed by atoms with Crippen molar-refractivity contribution in [3.63, 3.8) is 0 Å². The molecule has 3 heteroatoms. The molecule has 1 aliphatic rings. The van der Waals surface area contributed by atoms with Gasteiger partial charge in [-0.3, -0.25) is 0 Å². The summed E-state index contributed by atoms with van der Waals surface area (Å²) in [6.07, 6.45) is 1.94. The van der Waals surface area contributed by atoms with Crippen molar-refractivity contribution >= 4 is 6.03 Å². The third-order valence-electron chi connectivity index (χ3n) is 2.06. The summed E-state index contributed by atoms with van der Waals surface area (Å²) in [6, 6.07) is 0.130. The van der Waals surface area contributed by atoms with E-state index in [0.29, 0.717) is 0 Å². The van der Waals surface area contributed by atoms with Gasteiger partial charge in [-0.2, -0.15) is 0 Å². The highest BCUT2D eigenvalue weighted by atomic mass is 16.2. The van der Waals surface area contributed by atoms with Crippen molar-refractivity contribution in [3.8, 4) is 0 Å². The van der Waals surface area contributed by atoms with E-state index in [0.717, 1.165) is 19.6 Å². The summed E-state index contributed by atoms with van der Waals surface area (Å²) in [5, 5.41) is 0. The number of amides is 2. The van der Waals surface area contributed by atoms with E-state index in [1.807, 2.05) is 24.9 Å². The first-order valence-electron chi connectivity index (χ1n) is 4.41. The lowest BCUT2D eigenvalue weighted by Crippen LogP contribution is -2.44. The van der Waals surface area contributed by atoms with Gasteiger partial charge in [-0.25, -0.2) is 4.79 Å². The lowest BCUT2D eigenvalue weighted by Gasteiger charge is -2.32. The fourth-order valence-corrected chi connectivity index (χ4v) is 1.39. The number of rotatable bonds is 2. The zero-order valence-corrected chi connectivity index (χ0v) is 8.00. The van der Waals surface area contributed by atoms with Gasteiger partial charge in [0.1, 0.15) is 0 Å². The van der Waals surface area contributed by atoms with Gasteiger partial charge in [0, 0.05) is 25.8 Å². The largest absolute Gasteiger partial charge is 0.324 e. The Balaban J connectivity index is 2.77. The second-order valence-electron chi connectivity index (χ2n) is 3.06. The smallest absolute Gasteiger partial charge is 0.321 e. The molecule has 0 saturated carbocycles. The third-order valence-corrected chi connectivity index (χ3v) is 2.06. The van der Waals surface area contributed by atoms with Crippen LogP contribution >= 0.6 is 0 Å². The van der Waals surface area contributed by atoms with Crippen LogP contribution in [-0.4, -0.2) is 35.5 Å². The number of nitrogens with zero attached hydrogens (tertiary/aromatic N) is 2. The molecule has 0 saturated heterocycles. The summed E-state index contributed by atoms with van der Waals surface area (Å²) in [5.41, 5.74) is 1.25. The molecule has 0 spiro atoms. The van der Waals surface area contributed by atoms with Gasteiger partial charge >= 0.3 is 6.03 Å². The average molecular weight is 168 g/mol. The van der Waals surface area contributed by atoms with Gasteiger partial charge in [0.05, 0.1) is 0 Å². The molecular weight excluding hydrogens is 152 g/mol. The Morgan fingerprint density at radius 2 is 2.08 bits per heavy atom. The molecule has 0 aromatic carbocycles. The van der Waals surface area contributed by atoms with Gasteiger partial charge in [-0.1, -0.05) is 0 Å². The van der Waals surface area contributed by atoms with Crippen LogP contribution in [0.5, 0.6) is 0 Å². The minimum atomic E-state index is 0.130. The van der Waals surface area contributed by atoms with Crippen LogP contribution in [-0.2, 0) is 0 Å². The summed E-state index contributed by atoms with van der Waals surface area (Å²) < 4.78 is 0. The Kier molecular flexibility index (Phi) is 2.74. The molecule has 0 fully saturated rings. The fourth-order valence-electron chi connectivity index (χ4n) is 1.39. The van der Waals surface area contributed by atoms with E-state index in [1.54, 1.807) is 4.90 Å². The first-order chi connectivity index (χ1) is 5.69. The fraction of sp³-hybridized carbons (Fsp3) is 0.667. The highest BCUT2D eigenvalue weighted by molar-refractivity contribution is 5.77. The number of carbonyl (C=O) groups is 1. The van der Waals surface area contributed by atoms with Gasteiger partial charge in [-0.15, -0.1) is 0 Å². The summed E-state index contributed by atoms with van der Waals surface area (Å²) in [7, 11) is 0. The van der Waals surface area contributed by atoms with Crippen LogP contribution in [0.4, 0.5) is 4.79 Å². The number of hydrogen-bond acceptors (Lipinski definition) is 1. The summed E-state index contributed by atoms with van der Waals surface area (Å²) >= 11 is 0. The maximum atomic E-state index is 11.5. The van der Waals surface area contributed by atoms with Crippen molar-refractivity contribution in [3.05, 3.63) is 11.8 Å². The van der Waals surface area contributed by atoms with E-state index >= 15 is 0 Å². The van der Waals surface area contributed by atoms with E-state index in [1.165, 1.54) is 5.57 Å². The van der Waals surface area contributed by atoms with Gasteiger partial charge in [0.25, 0.3) is 0 Å². The zero-order chi connectivity index (χ0) is 9.14. The van der Waals surface area contributed by atoms with Crippen LogP contribution in [0.3, 0.4) is 0 Å². The molecule has 12 heavy (non-hydrogen) atoms. The van der Waals surface area contributed by atoms with Gasteiger partial charge in [0.2, 0.25) is 0 Å². The zero-order valence-electron chi connectivity index (χ0n) is 8.00. The second-order valence-corrected chi connectivity index (χ2v) is 3.06. The molecule has 0 aromatic heterocycles. The first-order valence-corrected chi connectivity index (χ1v) is 4.41. The molecule has 3 nitrogen and oxygen atoms in total. The molecule has 0 bridgehead atoms. The van der Waals surface area contributed by atoms with E-state index in [9.17, 15) is 4.79 Å². The lowest BCUT2D eigenvalue weighted by atomic mass is 10.2. The standard InChI is InChI=1S/C9H16N2O/c1-4-10-6-8(3)7-11(5-2)9(10)12/h6H,4-5,7H2,1-3H3. The SMILES string of the molecule is CCN1C=C(C)CN(CC)C1=O. The Hall–Kier alpha value is -0.990. The van der Waals surface area contributed by atoms with Gasteiger partial charge in [-0.05, 0) is 26.3 Å². The Morgan fingerprint density at radius 1 is 1.42 bits per heavy atom. The van der Waals surface area contributed by atoms with Crippen molar-refractivity contribution in [2.24, 2.45) is 0 Å². The number of likely N-dealkylation sites (N-methyl/N-ethyl adjacent to an activating group) is 1. The minimum absolute atomic E-state index is 0.130. The summed E-state index contributed by atoms with van der Waals surface area (Å²) in [5.74, 6) is 0. The number of carbonyl (C=O) groups excluding carboxylic acids is 1. The van der Waals surface area contributed by atoms with Gasteiger partial charge < -0.3 is 9.80 Å². The van der Waals surface area contributed by atoms with E-state index < -0.39 is 0 Å². The minimum Gasteiger partial charge on any atom is -0.321 e. The Labute approximate surface area is 73.6 Å². The first kappa shape index (κ1) is 9.10. The van der Waals surface area contributed by atoms with Crippen molar-refractivity contribution < 1.29 is 4.79 Å². The van der Waals surface area contributed by atoms with Crippen molar-refractivity contribution in [1.82, 2.24) is 9.80 Å². The molecule has 0 aliphatic carbocycles. The molecule has 0 aromatic rings. The highest BCUT2D eigenvalue weighted by Crippen LogP contribution is 2.11. The molecule has 1 rings (SSSR count). The normalized spacial score (nSPS) is 18.2. The Morgan fingerprint density at radius 3 is 2.58 bits per heavy atom. The molecule has 0 radical (unpaired) electrons. The van der Waals surface area contributed by atoms with Crippen LogP contribution in [0, 0.1) is 0 Å². The van der Waals surface area contributed by atoms with Crippen molar-refractivity contribution in [2.75, 3.05) is 19.6 Å². The van der Waals surface area contributed by atoms with E-state index in [4.69, 9.17) is 0 Å². The maximum Gasteiger partial charge on any atom is 0.324 e. The summed E-state index contributed by atoms with van der Waals surface area (Å²) in [6.45, 7) is 8.38. The molecule has 1 heterocycles. The maximum absolute atomic E-state index is 11.5. The molecule has 1 aliphatic heterocycles. The van der Waals surface area contributed by atoms with Crippen LogP contribution in [0.2, 0.25) is 0 Å². The third kappa shape index (κ3) is 1.60. The van der Waals surface area contributed by atoms with Crippen LogP contribution < -0.4 is 0 Å². The highest BCUT2D eigenvalue weighted by Gasteiger charge is 2.21. The molecule has 68 valence electrons. The molecule has 0 atom stereocenters. The van der Waals surface area contributed by atoms with Gasteiger partial charge in [0.15, 0.2) is 0 Å².